The lowest BCUT2D eigenvalue weighted by molar-refractivity contribution is 0.262. The van der Waals surface area contributed by atoms with Crippen LogP contribution in [0.25, 0.3) is 10.8 Å². The van der Waals surface area contributed by atoms with Crippen LogP contribution in [-0.2, 0) is 0 Å². The van der Waals surface area contributed by atoms with Gasteiger partial charge in [-0.1, -0.05) is 54.1 Å². The van der Waals surface area contributed by atoms with Gasteiger partial charge in [0.15, 0.2) is 0 Å². The van der Waals surface area contributed by atoms with Crippen LogP contribution in [0.5, 0.6) is 0 Å². The maximum atomic E-state index is 12.3. The minimum atomic E-state index is -0.310. The van der Waals surface area contributed by atoms with Crippen LogP contribution in [-0.4, -0.2) is 6.03 Å². The second-order valence-electron chi connectivity index (χ2n) is 5.54. The summed E-state index contributed by atoms with van der Waals surface area (Å²) in [6.45, 7) is 3.89. The number of hydrogen-bond acceptors (Lipinski definition) is 1. The third-order valence-corrected chi connectivity index (χ3v) is 4.01. The molecule has 3 aromatic carbocycles. The summed E-state index contributed by atoms with van der Waals surface area (Å²) in [6.07, 6.45) is 0. The molecule has 0 aliphatic carbocycles. The molecule has 2 N–H and O–H groups in total. The lowest BCUT2D eigenvalue weighted by atomic mass is 10.1. The Hall–Kier alpha value is -2.52. The Labute approximate surface area is 140 Å². The Morgan fingerprint density at radius 2 is 1.70 bits per heavy atom. The first-order chi connectivity index (χ1) is 11.0. The van der Waals surface area contributed by atoms with E-state index in [0.29, 0.717) is 10.7 Å². The average molecular weight is 325 g/mol. The predicted molar refractivity (Wildman–Crippen MR) is 97.5 cm³/mol. The van der Waals surface area contributed by atoms with Crippen LogP contribution in [0, 0.1) is 13.8 Å². The van der Waals surface area contributed by atoms with Crippen LogP contribution in [0.2, 0.25) is 5.02 Å². The van der Waals surface area contributed by atoms with Crippen LogP contribution in [0.3, 0.4) is 0 Å². The fourth-order valence-corrected chi connectivity index (χ4v) is 3.04. The van der Waals surface area contributed by atoms with Crippen molar-refractivity contribution in [2.75, 3.05) is 10.6 Å². The molecular weight excluding hydrogens is 308 g/mol. The zero-order chi connectivity index (χ0) is 16.4. The fourth-order valence-electron chi connectivity index (χ4n) is 2.68. The van der Waals surface area contributed by atoms with Gasteiger partial charge in [0.2, 0.25) is 0 Å². The van der Waals surface area contributed by atoms with Crippen molar-refractivity contribution >= 4 is 39.8 Å². The molecule has 4 heteroatoms. The molecule has 0 heterocycles. The minimum absolute atomic E-state index is 0.310. The summed E-state index contributed by atoms with van der Waals surface area (Å²) in [5.41, 5.74) is 3.40. The van der Waals surface area contributed by atoms with Crippen molar-refractivity contribution in [3.8, 4) is 0 Å². The van der Waals surface area contributed by atoms with E-state index in [9.17, 15) is 4.79 Å². The standard InChI is InChI=1S/C19H17ClN2O/c1-12-10-13(2)18(16(20)11-12)22-19(23)21-17-9-5-7-14-6-3-4-8-15(14)17/h3-11H,1-2H3,(H2,21,22,23). The summed E-state index contributed by atoms with van der Waals surface area (Å²) >= 11 is 6.23. The molecule has 3 nitrogen and oxygen atoms in total. The number of hydrogen-bond donors (Lipinski definition) is 2. The van der Waals surface area contributed by atoms with E-state index in [1.165, 1.54) is 0 Å². The van der Waals surface area contributed by atoms with E-state index in [-0.39, 0.29) is 6.03 Å². The monoisotopic (exact) mass is 324 g/mol. The Morgan fingerprint density at radius 3 is 2.48 bits per heavy atom. The Morgan fingerprint density at radius 1 is 0.957 bits per heavy atom. The summed E-state index contributed by atoms with van der Waals surface area (Å²) < 4.78 is 0. The molecule has 3 rings (SSSR count). The molecule has 23 heavy (non-hydrogen) atoms. The second kappa shape index (κ2) is 6.31. The SMILES string of the molecule is Cc1cc(C)c(NC(=O)Nc2cccc3ccccc23)c(Cl)c1. The van der Waals surface area contributed by atoms with Crippen LogP contribution >= 0.6 is 11.6 Å². The molecule has 0 fully saturated rings. The molecule has 0 saturated carbocycles. The van der Waals surface area contributed by atoms with Crippen LogP contribution in [0.15, 0.2) is 54.6 Å². The van der Waals surface area contributed by atoms with E-state index in [4.69, 9.17) is 11.6 Å². The largest absolute Gasteiger partial charge is 0.323 e. The van der Waals surface area contributed by atoms with Gasteiger partial charge in [0.1, 0.15) is 0 Å². The topological polar surface area (TPSA) is 41.1 Å². The summed E-state index contributed by atoms with van der Waals surface area (Å²) in [4.78, 5) is 12.3. The van der Waals surface area contributed by atoms with Crippen molar-refractivity contribution < 1.29 is 4.79 Å². The number of anilines is 2. The Kier molecular flexibility index (Phi) is 4.22. The second-order valence-corrected chi connectivity index (χ2v) is 5.95. The first kappa shape index (κ1) is 15.4. The van der Waals surface area contributed by atoms with Gasteiger partial charge < -0.3 is 10.6 Å². The highest BCUT2D eigenvalue weighted by Crippen LogP contribution is 2.28. The van der Waals surface area contributed by atoms with Gasteiger partial charge in [-0.3, -0.25) is 0 Å². The van der Waals surface area contributed by atoms with Crippen molar-refractivity contribution in [1.82, 2.24) is 0 Å². The maximum Gasteiger partial charge on any atom is 0.323 e. The molecule has 0 aliphatic rings. The lowest BCUT2D eigenvalue weighted by Crippen LogP contribution is -2.20. The van der Waals surface area contributed by atoms with Crippen LogP contribution < -0.4 is 10.6 Å². The summed E-state index contributed by atoms with van der Waals surface area (Å²) in [6, 6.07) is 17.2. The van der Waals surface area contributed by atoms with E-state index in [1.807, 2.05) is 68.4 Å². The van der Waals surface area contributed by atoms with Crippen LogP contribution in [0.1, 0.15) is 11.1 Å². The number of urea groups is 1. The molecule has 2 amide bonds. The normalized spacial score (nSPS) is 10.6. The molecule has 116 valence electrons. The molecule has 0 aliphatic heterocycles. The van der Waals surface area contributed by atoms with Gasteiger partial charge >= 0.3 is 6.03 Å². The van der Waals surface area contributed by atoms with Crippen molar-refractivity contribution in [3.63, 3.8) is 0 Å². The number of fused-ring (bicyclic) bond motifs is 1. The molecule has 0 spiro atoms. The van der Waals surface area contributed by atoms with E-state index in [0.717, 1.165) is 27.6 Å². The molecular formula is C19H17ClN2O. The van der Waals surface area contributed by atoms with Gasteiger partial charge in [0.25, 0.3) is 0 Å². The predicted octanol–water partition coefficient (Wildman–Crippen LogP) is 5.75. The number of amides is 2. The van der Waals surface area contributed by atoms with Gasteiger partial charge in [-0.2, -0.15) is 0 Å². The molecule has 3 aromatic rings. The summed E-state index contributed by atoms with van der Waals surface area (Å²) in [5, 5.41) is 8.34. The number of aryl methyl sites for hydroxylation is 2. The number of carbonyl (C=O) groups is 1. The highest BCUT2D eigenvalue weighted by Gasteiger charge is 2.10. The number of carbonyl (C=O) groups excluding carboxylic acids is 1. The molecule has 0 unspecified atom stereocenters. The van der Waals surface area contributed by atoms with E-state index in [2.05, 4.69) is 10.6 Å². The van der Waals surface area contributed by atoms with E-state index >= 15 is 0 Å². The number of benzene rings is 3. The zero-order valence-electron chi connectivity index (χ0n) is 13.0. The van der Waals surface area contributed by atoms with Crippen molar-refractivity contribution in [1.29, 1.82) is 0 Å². The van der Waals surface area contributed by atoms with Crippen molar-refractivity contribution in [2.24, 2.45) is 0 Å². The number of halogens is 1. The smallest absolute Gasteiger partial charge is 0.307 e. The molecule has 0 saturated heterocycles. The number of nitrogens with one attached hydrogen (secondary N) is 2. The highest BCUT2D eigenvalue weighted by atomic mass is 35.5. The van der Waals surface area contributed by atoms with E-state index < -0.39 is 0 Å². The van der Waals surface area contributed by atoms with Gasteiger partial charge in [0.05, 0.1) is 16.4 Å². The molecule has 0 radical (unpaired) electrons. The average Bonchev–Trinajstić information content (AvgIpc) is 2.51. The molecule has 0 atom stereocenters. The lowest BCUT2D eigenvalue weighted by Gasteiger charge is -2.13. The fraction of sp³-hybridized carbons (Fsp3) is 0.105. The minimum Gasteiger partial charge on any atom is -0.307 e. The third kappa shape index (κ3) is 3.30. The quantitative estimate of drug-likeness (QED) is 0.618. The van der Waals surface area contributed by atoms with Crippen molar-refractivity contribution in [3.05, 3.63) is 70.7 Å². The number of rotatable bonds is 2. The first-order valence-electron chi connectivity index (χ1n) is 7.37. The highest BCUT2D eigenvalue weighted by molar-refractivity contribution is 6.34. The molecule has 0 bridgehead atoms. The molecule has 0 aromatic heterocycles. The van der Waals surface area contributed by atoms with Crippen molar-refractivity contribution in [2.45, 2.75) is 13.8 Å². The summed E-state index contributed by atoms with van der Waals surface area (Å²) in [7, 11) is 0. The Balaban J connectivity index is 1.85. The zero-order valence-corrected chi connectivity index (χ0v) is 13.7. The maximum absolute atomic E-state index is 12.3. The first-order valence-corrected chi connectivity index (χ1v) is 7.75. The third-order valence-electron chi connectivity index (χ3n) is 3.71. The van der Waals surface area contributed by atoms with Gasteiger partial charge in [0, 0.05) is 5.39 Å². The van der Waals surface area contributed by atoms with Crippen LogP contribution in [0.4, 0.5) is 16.2 Å². The van der Waals surface area contributed by atoms with Gasteiger partial charge in [-0.25, -0.2) is 4.79 Å². The Bertz CT molecular complexity index is 861. The van der Waals surface area contributed by atoms with Gasteiger partial charge in [-0.05, 0) is 42.5 Å². The van der Waals surface area contributed by atoms with E-state index in [1.54, 1.807) is 0 Å². The summed E-state index contributed by atoms with van der Waals surface area (Å²) in [5.74, 6) is 0. The van der Waals surface area contributed by atoms with Gasteiger partial charge in [-0.15, -0.1) is 0 Å².